The number of hydrogen-bond acceptors (Lipinski definition) is 3. The highest BCUT2D eigenvalue weighted by Gasteiger charge is 2.14. The van der Waals surface area contributed by atoms with Gasteiger partial charge in [0.05, 0.1) is 4.83 Å². The van der Waals surface area contributed by atoms with Crippen molar-refractivity contribution >= 4 is 43.2 Å². The molecule has 0 bridgehead atoms. The van der Waals surface area contributed by atoms with Crippen LogP contribution in [0.2, 0.25) is 0 Å². The first-order valence-electron chi connectivity index (χ1n) is 5.35. The predicted molar refractivity (Wildman–Crippen MR) is 79.7 cm³/mol. The predicted octanol–water partition coefficient (Wildman–Crippen LogP) is 5.12. The molecule has 1 unspecified atom stereocenters. The average molecular weight is 376 g/mol. The molecule has 0 spiro atoms. The molecule has 1 heterocycles. The van der Waals surface area contributed by atoms with Crippen molar-refractivity contribution in [2.75, 3.05) is 0 Å². The maximum Gasteiger partial charge on any atom is 0.148 e. The van der Waals surface area contributed by atoms with Gasteiger partial charge in [-0.3, -0.25) is 0 Å². The van der Waals surface area contributed by atoms with E-state index in [1.807, 2.05) is 6.07 Å². The van der Waals surface area contributed by atoms with Crippen molar-refractivity contribution in [1.82, 2.24) is 10.2 Å². The molecule has 1 aromatic carbocycles. The standard InChI is InChI=1S/C12H12Br2N2S/c1-3-10(14)12-16-15-11(17-12)9-6-8(13)5-4-7(9)2/h4-6,10H,3H2,1-2H3. The van der Waals surface area contributed by atoms with Crippen molar-refractivity contribution in [2.45, 2.75) is 25.1 Å². The minimum Gasteiger partial charge on any atom is -0.142 e. The molecule has 5 heteroatoms. The fraction of sp³-hybridized carbons (Fsp3) is 0.333. The first-order chi connectivity index (χ1) is 8.11. The summed E-state index contributed by atoms with van der Waals surface area (Å²) >= 11 is 8.74. The molecular formula is C12H12Br2N2S. The van der Waals surface area contributed by atoms with Gasteiger partial charge in [0.15, 0.2) is 0 Å². The van der Waals surface area contributed by atoms with Crippen LogP contribution >= 0.6 is 43.2 Å². The smallest absolute Gasteiger partial charge is 0.142 e. The first-order valence-corrected chi connectivity index (χ1v) is 7.88. The minimum absolute atomic E-state index is 0.307. The summed E-state index contributed by atoms with van der Waals surface area (Å²) in [6.07, 6.45) is 1.02. The van der Waals surface area contributed by atoms with E-state index in [0.29, 0.717) is 4.83 Å². The molecule has 2 nitrogen and oxygen atoms in total. The molecule has 90 valence electrons. The van der Waals surface area contributed by atoms with E-state index in [1.165, 1.54) is 5.56 Å². The largest absolute Gasteiger partial charge is 0.148 e. The second kappa shape index (κ2) is 5.59. The van der Waals surface area contributed by atoms with Crippen LogP contribution in [0.15, 0.2) is 22.7 Å². The van der Waals surface area contributed by atoms with Gasteiger partial charge >= 0.3 is 0 Å². The molecule has 0 aliphatic rings. The molecule has 0 aliphatic carbocycles. The second-order valence-corrected chi connectivity index (χ2v) is 6.81. The zero-order valence-corrected chi connectivity index (χ0v) is 13.6. The van der Waals surface area contributed by atoms with Crippen LogP contribution in [0.1, 0.15) is 28.7 Å². The summed E-state index contributed by atoms with van der Waals surface area (Å²) in [4.78, 5) is 0.307. The number of alkyl halides is 1. The van der Waals surface area contributed by atoms with Crippen molar-refractivity contribution in [3.8, 4) is 10.6 Å². The van der Waals surface area contributed by atoms with Crippen LogP contribution in [0.3, 0.4) is 0 Å². The normalized spacial score (nSPS) is 12.7. The summed E-state index contributed by atoms with van der Waals surface area (Å²) < 4.78 is 1.07. The van der Waals surface area contributed by atoms with E-state index in [4.69, 9.17) is 0 Å². The van der Waals surface area contributed by atoms with Crippen molar-refractivity contribution in [1.29, 1.82) is 0 Å². The van der Waals surface area contributed by atoms with Gasteiger partial charge in [0.25, 0.3) is 0 Å². The first kappa shape index (κ1) is 13.2. The van der Waals surface area contributed by atoms with E-state index in [-0.39, 0.29) is 0 Å². The molecule has 0 N–H and O–H groups in total. The summed E-state index contributed by atoms with van der Waals surface area (Å²) in [5.41, 5.74) is 2.37. The third-order valence-electron chi connectivity index (χ3n) is 2.50. The highest BCUT2D eigenvalue weighted by atomic mass is 79.9. The zero-order chi connectivity index (χ0) is 12.4. The molecule has 1 atom stereocenters. The quantitative estimate of drug-likeness (QED) is 0.695. The number of nitrogens with zero attached hydrogens (tertiary/aromatic N) is 2. The summed E-state index contributed by atoms with van der Waals surface area (Å²) in [6, 6.07) is 6.22. The van der Waals surface area contributed by atoms with Gasteiger partial charge in [-0.05, 0) is 31.0 Å². The van der Waals surface area contributed by atoms with Gasteiger partial charge in [0.2, 0.25) is 0 Å². The van der Waals surface area contributed by atoms with Gasteiger partial charge in [-0.15, -0.1) is 10.2 Å². The number of benzene rings is 1. The van der Waals surface area contributed by atoms with Gasteiger partial charge in [-0.1, -0.05) is 56.2 Å². The second-order valence-electron chi connectivity index (χ2n) is 3.78. The van der Waals surface area contributed by atoms with Gasteiger partial charge in [0.1, 0.15) is 10.0 Å². The Hall–Kier alpha value is -0.260. The van der Waals surface area contributed by atoms with Crippen LogP contribution in [0.5, 0.6) is 0 Å². The van der Waals surface area contributed by atoms with Crippen LogP contribution < -0.4 is 0 Å². The fourth-order valence-corrected chi connectivity index (χ4v) is 3.19. The minimum atomic E-state index is 0.307. The van der Waals surface area contributed by atoms with Crippen LogP contribution in [-0.4, -0.2) is 10.2 Å². The Bertz CT molecular complexity index is 525. The van der Waals surface area contributed by atoms with Crippen molar-refractivity contribution in [3.63, 3.8) is 0 Å². The van der Waals surface area contributed by atoms with Gasteiger partial charge in [0, 0.05) is 10.0 Å². The monoisotopic (exact) mass is 374 g/mol. The van der Waals surface area contributed by atoms with E-state index < -0.39 is 0 Å². The zero-order valence-electron chi connectivity index (χ0n) is 9.58. The number of halogens is 2. The SMILES string of the molecule is CCC(Br)c1nnc(-c2cc(Br)ccc2C)s1. The highest BCUT2D eigenvalue weighted by molar-refractivity contribution is 9.10. The average Bonchev–Trinajstić information content (AvgIpc) is 2.80. The molecule has 2 aromatic rings. The lowest BCUT2D eigenvalue weighted by atomic mass is 10.1. The third kappa shape index (κ3) is 2.95. The van der Waals surface area contributed by atoms with E-state index in [2.05, 4.69) is 68.0 Å². The Morgan fingerprint density at radius 1 is 1.35 bits per heavy atom. The third-order valence-corrected chi connectivity index (χ3v) is 5.44. The maximum atomic E-state index is 4.28. The molecule has 0 aliphatic heterocycles. The van der Waals surface area contributed by atoms with Gasteiger partial charge < -0.3 is 0 Å². The molecule has 0 fully saturated rings. The van der Waals surface area contributed by atoms with E-state index in [0.717, 1.165) is 26.5 Å². The van der Waals surface area contributed by atoms with Crippen LogP contribution in [0.4, 0.5) is 0 Å². The Kier molecular flexibility index (Phi) is 4.33. The molecule has 0 amide bonds. The molecule has 1 aromatic heterocycles. The number of aryl methyl sites for hydroxylation is 1. The number of hydrogen-bond donors (Lipinski definition) is 0. The summed E-state index contributed by atoms with van der Waals surface area (Å²) in [5, 5.41) is 10.5. The van der Waals surface area contributed by atoms with Gasteiger partial charge in [-0.25, -0.2) is 0 Å². The maximum absolute atomic E-state index is 4.28. The van der Waals surface area contributed by atoms with Crippen LogP contribution in [0, 0.1) is 6.92 Å². The lowest BCUT2D eigenvalue weighted by Gasteiger charge is -2.02. The summed E-state index contributed by atoms with van der Waals surface area (Å²) in [5.74, 6) is 0. The molecule has 17 heavy (non-hydrogen) atoms. The molecule has 2 rings (SSSR count). The van der Waals surface area contributed by atoms with Crippen molar-refractivity contribution in [2.24, 2.45) is 0 Å². The summed E-state index contributed by atoms with van der Waals surface area (Å²) in [7, 11) is 0. The van der Waals surface area contributed by atoms with E-state index >= 15 is 0 Å². The lowest BCUT2D eigenvalue weighted by Crippen LogP contribution is -1.85. The van der Waals surface area contributed by atoms with Crippen LogP contribution in [-0.2, 0) is 0 Å². The van der Waals surface area contributed by atoms with Crippen molar-refractivity contribution in [3.05, 3.63) is 33.2 Å². The summed E-state index contributed by atoms with van der Waals surface area (Å²) in [6.45, 7) is 4.22. The van der Waals surface area contributed by atoms with Gasteiger partial charge in [-0.2, -0.15) is 0 Å². The molecule has 0 radical (unpaired) electrons. The van der Waals surface area contributed by atoms with E-state index in [1.54, 1.807) is 11.3 Å². The molecule has 0 saturated heterocycles. The molecular weight excluding hydrogens is 364 g/mol. The van der Waals surface area contributed by atoms with Crippen molar-refractivity contribution < 1.29 is 0 Å². The Labute approximate surface area is 122 Å². The Balaban J connectivity index is 2.40. The Morgan fingerprint density at radius 2 is 2.12 bits per heavy atom. The fourth-order valence-electron chi connectivity index (χ4n) is 1.47. The topological polar surface area (TPSA) is 25.8 Å². The lowest BCUT2D eigenvalue weighted by molar-refractivity contribution is 0.870. The number of aromatic nitrogens is 2. The van der Waals surface area contributed by atoms with Crippen LogP contribution in [0.25, 0.3) is 10.6 Å². The number of rotatable bonds is 3. The van der Waals surface area contributed by atoms with E-state index in [9.17, 15) is 0 Å². The Morgan fingerprint density at radius 3 is 2.82 bits per heavy atom. The molecule has 0 saturated carbocycles. The highest BCUT2D eigenvalue weighted by Crippen LogP contribution is 2.34.